The zero-order chi connectivity index (χ0) is 29.1. The molecule has 0 spiro atoms. The minimum Gasteiger partial charge on any atom is -0.497 e. The predicted molar refractivity (Wildman–Crippen MR) is 154 cm³/mol. The molecule has 0 bridgehead atoms. The van der Waals surface area contributed by atoms with Gasteiger partial charge in [0.2, 0.25) is 0 Å². The number of piperidine rings is 1. The first-order chi connectivity index (χ1) is 19.6. The van der Waals surface area contributed by atoms with Crippen LogP contribution in [-0.4, -0.2) is 83.6 Å². The molecule has 0 radical (unpaired) electrons. The molecule has 5 rings (SSSR count). The third-order valence-electron chi connectivity index (χ3n) is 7.65. The highest BCUT2D eigenvalue weighted by atomic mass is 19.1. The van der Waals surface area contributed by atoms with Gasteiger partial charge in [-0.2, -0.15) is 5.10 Å². The molecular formula is C31H38FN5O4. The molecule has 2 saturated heterocycles. The van der Waals surface area contributed by atoms with E-state index in [1.54, 1.807) is 30.3 Å². The van der Waals surface area contributed by atoms with Crippen LogP contribution in [0.25, 0.3) is 5.69 Å². The molecule has 2 aromatic carbocycles. The summed E-state index contributed by atoms with van der Waals surface area (Å²) in [5.41, 5.74) is 2.69. The molecule has 2 aliphatic heterocycles. The lowest BCUT2D eigenvalue weighted by Gasteiger charge is -2.37. The number of ether oxygens (including phenoxy) is 2. The monoisotopic (exact) mass is 563 g/mol. The van der Waals surface area contributed by atoms with Gasteiger partial charge in [-0.1, -0.05) is 0 Å². The largest absolute Gasteiger partial charge is 0.497 e. The Bertz CT molecular complexity index is 1350. The number of carbonyl (C=O) groups is 2. The van der Waals surface area contributed by atoms with Crippen molar-refractivity contribution in [1.29, 1.82) is 0 Å². The van der Waals surface area contributed by atoms with Crippen molar-refractivity contribution >= 4 is 17.7 Å². The van der Waals surface area contributed by atoms with Gasteiger partial charge in [0.15, 0.2) is 0 Å². The summed E-state index contributed by atoms with van der Waals surface area (Å²) in [6.07, 6.45) is 2.75. The number of hydrogen-bond donors (Lipinski definition) is 0. The average Bonchev–Trinajstić information content (AvgIpc) is 3.42. The van der Waals surface area contributed by atoms with Crippen LogP contribution in [0.2, 0.25) is 0 Å². The first-order valence-electron chi connectivity index (χ1n) is 14.1. The molecule has 3 aromatic rings. The number of rotatable bonds is 5. The molecule has 10 heteroatoms. The number of piperazine rings is 1. The van der Waals surface area contributed by atoms with Crippen molar-refractivity contribution in [1.82, 2.24) is 19.6 Å². The van der Waals surface area contributed by atoms with Gasteiger partial charge in [-0.3, -0.25) is 4.79 Å². The minimum absolute atomic E-state index is 0.0396. The average molecular weight is 564 g/mol. The highest BCUT2D eigenvalue weighted by Gasteiger charge is 2.34. The molecule has 0 atom stereocenters. The van der Waals surface area contributed by atoms with Crippen LogP contribution in [0, 0.1) is 5.82 Å². The van der Waals surface area contributed by atoms with Crippen molar-refractivity contribution in [2.24, 2.45) is 0 Å². The van der Waals surface area contributed by atoms with Crippen LogP contribution in [0.15, 0.2) is 54.7 Å². The summed E-state index contributed by atoms with van der Waals surface area (Å²) in [5, 5.41) is 4.68. The van der Waals surface area contributed by atoms with Gasteiger partial charge in [0.05, 0.1) is 30.3 Å². The van der Waals surface area contributed by atoms with Gasteiger partial charge in [-0.05, 0) is 82.1 Å². The molecule has 218 valence electrons. The first-order valence-corrected chi connectivity index (χ1v) is 14.1. The van der Waals surface area contributed by atoms with E-state index in [2.05, 4.69) is 10.00 Å². The van der Waals surface area contributed by atoms with Crippen LogP contribution in [-0.2, 0) is 4.74 Å². The third-order valence-corrected chi connectivity index (χ3v) is 7.65. The van der Waals surface area contributed by atoms with E-state index in [9.17, 15) is 14.0 Å². The van der Waals surface area contributed by atoms with Crippen molar-refractivity contribution in [3.05, 3.63) is 71.8 Å². The predicted octanol–water partition coefficient (Wildman–Crippen LogP) is 5.10. The Morgan fingerprint density at radius 3 is 2.05 bits per heavy atom. The number of carbonyl (C=O) groups excluding carboxylic acids is 2. The molecular weight excluding hydrogens is 525 g/mol. The fraction of sp³-hybridized carbons (Fsp3) is 0.452. The van der Waals surface area contributed by atoms with Crippen LogP contribution in [0.4, 0.5) is 14.9 Å². The normalized spacial score (nSPS) is 16.6. The summed E-state index contributed by atoms with van der Waals surface area (Å²) in [5.74, 6) is 0.468. The van der Waals surface area contributed by atoms with E-state index in [0.717, 1.165) is 22.8 Å². The lowest BCUT2D eigenvalue weighted by molar-refractivity contribution is 0.0203. The van der Waals surface area contributed by atoms with Crippen LogP contribution >= 0.6 is 0 Å². The van der Waals surface area contributed by atoms with E-state index in [1.807, 2.05) is 54.6 Å². The van der Waals surface area contributed by atoms with Crippen LogP contribution in [0.1, 0.15) is 55.6 Å². The number of likely N-dealkylation sites (tertiary alicyclic amines) is 1. The Kier molecular flexibility index (Phi) is 8.19. The Labute approximate surface area is 240 Å². The highest BCUT2D eigenvalue weighted by Crippen LogP contribution is 2.34. The molecule has 2 aliphatic rings. The highest BCUT2D eigenvalue weighted by molar-refractivity contribution is 5.95. The number of nitrogens with zero attached hydrogens (tertiary/aromatic N) is 5. The molecule has 41 heavy (non-hydrogen) atoms. The second-order valence-electron chi connectivity index (χ2n) is 11.6. The SMILES string of the molecule is COc1ccc(-n2ncc(C(=O)N3CCN(c4ccc(F)cc4)CC3)c2C2CCN(C(=O)OC(C)(C)C)CC2)cc1. The molecule has 0 unspecified atom stereocenters. The number of amides is 2. The lowest BCUT2D eigenvalue weighted by Crippen LogP contribution is -2.49. The zero-order valence-corrected chi connectivity index (χ0v) is 24.2. The van der Waals surface area contributed by atoms with Gasteiger partial charge in [0.25, 0.3) is 5.91 Å². The lowest BCUT2D eigenvalue weighted by atomic mass is 9.90. The Balaban J connectivity index is 1.36. The number of methoxy groups -OCH3 is 1. The van der Waals surface area contributed by atoms with E-state index >= 15 is 0 Å². The van der Waals surface area contributed by atoms with Gasteiger partial charge in [-0.25, -0.2) is 13.9 Å². The van der Waals surface area contributed by atoms with E-state index < -0.39 is 5.60 Å². The molecule has 1 aromatic heterocycles. The second-order valence-corrected chi connectivity index (χ2v) is 11.6. The van der Waals surface area contributed by atoms with Gasteiger partial charge in [-0.15, -0.1) is 0 Å². The summed E-state index contributed by atoms with van der Waals surface area (Å²) in [6, 6.07) is 14.1. The van der Waals surface area contributed by atoms with Crippen molar-refractivity contribution in [2.45, 2.75) is 45.1 Å². The van der Waals surface area contributed by atoms with E-state index in [1.165, 1.54) is 12.1 Å². The first kappa shape index (κ1) is 28.4. The summed E-state index contributed by atoms with van der Waals surface area (Å²) in [6.45, 7) is 9.10. The fourth-order valence-corrected chi connectivity index (χ4v) is 5.50. The molecule has 9 nitrogen and oxygen atoms in total. The van der Waals surface area contributed by atoms with Gasteiger partial charge >= 0.3 is 6.09 Å². The number of halogens is 1. The van der Waals surface area contributed by atoms with Crippen molar-refractivity contribution < 1.29 is 23.5 Å². The zero-order valence-electron chi connectivity index (χ0n) is 24.2. The van der Waals surface area contributed by atoms with Crippen LogP contribution < -0.4 is 9.64 Å². The number of aromatic nitrogens is 2. The number of anilines is 1. The van der Waals surface area contributed by atoms with E-state index in [0.29, 0.717) is 57.7 Å². The smallest absolute Gasteiger partial charge is 0.410 e. The van der Waals surface area contributed by atoms with E-state index in [4.69, 9.17) is 9.47 Å². The summed E-state index contributed by atoms with van der Waals surface area (Å²) >= 11 is 0. The topological polar surface area (TPSA) is 80.1 Å². The van der Waals surface area contributed by atoms with Crippen molar-refractivity contribution in [3.8, 4) is 11.4 Å². The Morgan fingerprint density at radius 1 is 0.854 bits per heavy atom. The third kappa shape index (κ3) is 6.47. The number of benzene rings is 2. The maximum Gasteiger partial charge on any atom is 0.410 e. The standard InChI is InChI=1S/C31H38FN5O4/c1-31(2,3)41-30(39)36-15-13-22(14-16-36)28-27(21-33-37(28)25-9-11-26(40-4)12-10-25)29(38)35-19-17-34(18-20-35)24-7-5-23(32)6-8-24/h5-12,21-22H,13-20H2,1-4H3. The molecule has 3 heterocycles. The Hall–Kier alpha value is -4.08. The summed E-state index contributed by atoms with van der Waals surface area (Å²) in [4.78, 5) is 32.4. The van der Waals surface area contributed by atoms with Crippen LogP contribution in [0.3, 0.4) is 0 Å². The fourth-order valence-electron chi connectivity index (χ4n) is 5.50. The maximum absolute atomic E-state index is 13.9. The van der Waals surface area contributed by atoms with Crippen molar-refractivity contribution in [3.63, 3.8) is 0 Å². The molecule has 0 saturated carbocycles. The number of hydrogen-bond acceptors (Lipinski definition) is 6. The molecule has 2 fully saturated rings. The van der Waals surface area contributed by atoms with Gasteiger partial charge < -0.3 is 24.2 Å². The molecule has 0 N–H and O–H groups in total. The minimum atomic E-state index is -0.554. The molecule has 2 amide bonds. The second kappa shape index (κ2) is 11.8. The van der Waals surface area contributed by atoms with Gasteiger partial charge in [0, 0.05) is 50.9 Å². The summed E-state index contributed by atoms with van der Waals surface area (Å²) < 4.78 is 26.1. The van der Waals surface area contributed by atoms with Gasteiger partial charge in [0.1, 0.15) is 17.2 Å². The quantitative estimate of drug-likeness (QED) is 0.430. The van der Waals surface area contributed by atoms with E-state index in [-0.39, 0.29) is 23.7 Å². The maximum atomic E-state index is 13.9. The Morgan fingerprint density at radius 2 is 1.46 bits per heavy atom. The summed E-state index contributed by atoms with van der Waals surface area (Å²) in [7, 11) is 1.62. The molecule has 0 aliphatic carbocycles. The van der Waals surface area contributed by atoms with Crippen molar-refractivity contribution in [2.75, 3.05) is 51.3 Å². The van der Waals surface area contributed by atoms with Crippen LogP contribution in [0.5, 0.6) is 5.75 Å².